The summed E-state index contributed by atoms with van der Waals surface area (Å²) in [5.74, 6) is 0.479. The van der Waals surface area contributed by atoms with Crippen LogP contribution >= 0.6 is 0 Å². The van der Waals surface area contributed by atoms with Gasteiger partial charge in [0.15, 0.2) is 11.7 Å². The summed E-state index contributed by atoms with van der Waals surface area (Å²) in [6.45, 7) is 7.15. The topological polar surface area (TPSA) is 57.5 Å². The number of hydrogen-bond donors (Lipinski definition) is 2. The molecule has 2 N–H and O–H groups in total. The van der Waals surface area contributed by atoms with Gasteiger partial charge in [0.25, 0.3) is 0 Å². The second-order valence-electron chi connectivity index (χ2n) is 7.31. The molecule has 2 rings (SSSR count). The van der Waals surface area contributed by atoms with Crippen LogP contribution in [0.3, 0.4) is 0 Å². The number of likely N-dealkylation sites (tertiary alicyclic amines) is 1. The average molecular weight is 374 g/mol. The maximum absolute atomic E-state index is 13.0. The Hall–Kier alpha value is -1.77. The van der Waals surface area contributed by atoms with Crippen molar-refractivity contribution in [3.05, 3.63) is 17.5 Å². The van der Waals surface area contributed by atoms with Gasteiger partial charge in [-0.3, -0.25) is 14.6 Å². The van der Waals surface area contributed by atoms with E-state index in [1.807, 2.05) is 0 Å². The predicted molar refractivity (Wildman–Crippen MR) is 95.9 cm³/mol. The zero-order valence-electron chi connectivity index (χ0n) is 15.9. The standard InChI is InChI=1S/C17H29F3N6/c1-16(2,26-8-6-5-7-9-26)12-23-15(21-3)22-10-13-11-25(4)24-14(13)17(18,19)20/h11H,5-10,12H2,1-4H3,(H2,21,22,23). The highest BCUT2D eigenvalue weighted by atomic mass is 19.4. The molecule has 0 unspecified atom stereocenters. The molecule has 6 nitrogen and oxygen atoms in total. The Bertz CT molecular complexity index is 615. The highest BCUT2D eigenvalue weighted by molar-refractivity contribution is 5.79. The van der Waals surface area contributed by atoms with Crippen molar-refractivity contribution >= 4 is 5.96 Å². The summed E-state index contributed by atoms with van der Waals surface area (Å²) in [4.78, 5) is 6.56. The number of nitrogens with one attached hydrogen (secondary N) is 2. The first kappa shape index (κ1) is 20.5. The highest BCUT2D eigenvalue weighted by Crippen LogP contribution is 2.30. The summed E-state index contributed by atoms with van der Waals surface area (Å²) in [5.41, 5.74) is -0.821. The van der Waals surface area contributed by atoms with Gasteiger partial charge in [0.1, 0.15) is 0 Å². The van der Waals surface area contributed by atoms with Crippen LogP contribution in [0.25, 0.3) is 0 Å². The minimum atomic E-state index is -4.47. The average Bonchev–Trinajstić information content (AvgIpc) is 2.97. The molecule has 148 valence electrons. The monoisotopic (exact) mass is 374 g/mol. The summed E-state index contributed by atoms with van der Waals surface area (Å²) in [5, 5.41) is 9.70. The molecule has 1 aromatic heterocycles. The van der Waals surface area contributed by atoms with Gasteiger partial charge in [-0.05, 0) is 39.8 Å². The molecule has 0 aliphatic carbocycles. The van der Waals surface area contributed by atoms with E-state index in [4.69, 9.17) is 0 Å². The Morgan fingerprint density at radius 3 is 2.42 bits per heavy atom. The minimum absolute atomic E-state index is 0.00645. The molecule has 1 aliphatic heterocycles. The van der Waals surface area contributed by atoms with Crippen LogP contribution in [-0.2, 0) is 19.8 Å². The lowest BCUT2D eigenvalue weighted by molar-refractivity contribution is -0.142. The van der Waals surface area contributed by atoms with Crippen LogP contribution in [0.1, 0.15) is 44.4 Å². The van der Waals surface area contributed by atoms with E-state index in [9.17, 15) is 13.2 Å². The van der Waals surface area contributed by atoms with Crippen LogP contribution in [-0.4, -0.2) is 52.9 Å². The molecule has 9 heteroatoms. The number of aryl methyl sites for hydroxylation is 1. The molecule has 0 amide bonds. The highest BCUT2D eigenvalue weighted by Gasteiger charge is 2.36. The Balaban J connectivity index is 1.92. The number of nitrogens with zero attached hydrogens (tertiary/aromatic N) is 4. The van der Waals surface area contributed by atoms with Gasteiger partial charge in [-0.25, -0.2) is 0 Å². The number of alkyl halides is 3. The number of piperidine rings is 1. The van der Waals surface area contributed by atoms with Gasteiger partial charge in [0.05, 0.1) is 0 Å². The van der Waals surface area contributed by atoms with Gasteiger partial charge >= 0.3 is 6.18 Å². The molecular weight excluding hydrogens is 345 g/mol. The first-order valence-electron chi connectivity index (χ1n) is 8.93. The van der Waals surface area contributed by atoms with Crippen LogP contribution in [0, 0.1) is 0 Å². The fourth-order valence-electron chi connectivity index (χ4n) is 3.22. The fourth-order valence-corrected chi connectivity index (χ4v) is 3.22. The van der Waals surface area contributed by atoms with Crippen molar-refractivity contribution in [2.75, 3.05) is 26.7 Å². The summed E-state index contributed by atoms with van der Waals surface area (Å²) in [6.07, 6.45) is 0.595. The lowest BCUT2D eigenvalue weighted by atomic mass is 9.98. The zero-order chi connectivity index (χ0) is 19.4. The Labute approximate surface area is 152 Å². The van der Waals surface area contributed by atoms with Crippen molar-refractivity contribution in [2.45, 2.75) is 51.4 Å². The second-order valence-corrected chi connectivity index (χ2v) is 7.31. The van der Waals surface area contributed by atoms with Crippen molar-refractivity contribution in [3.63, 3.8) is 0 Å². The Kier molecular flexibility index (Phi) is 6.54. The SMILES string of the molecule is CN=C(NCc1cn(C)nc1C(F)(F)F)NCC(C)(C)N1CCCCC1. The third kappa shape index (κ3) is 5.36. The van der Waals surface area contributed by atoms with Crippen LogP contribution in [0.15, 0.2) is 11.2 Å². The van der Waals surface area contributed by atoms with E-state index >= 15 is 0 Å². The summed E-state index contributed by atoms with van der Waals surface area (Å²) >= 11 is 0. The Morgan fingerprint density at radius 2 is 1.85 bits per heavy atom. The van der Waals surface area contributed by atoms with Gasteiger partial charge in [-0.1, -0.05) is 6.42 Å². The van der Waals surface area contributed by atoms with Crippen LogP contribution in [0.5, 0.6) is 0 Å². The summed E-state index contributed by atoms with van der Waals surface area (Å²) in [6, 6.07) is 0. The van der Waals surface area contributed by atoms with Crippen molar-refractivity contribution in [2.24, 2.45) is 12.0 Å². The molecule has 1 fully saturated rings. The molecule has 0 bridgehead atoms. The van der Waals surface area contributed by atoms with E-state index in [2.05, 4.69) is 39.5 Å². The molecule has 0 atom stereocenters. The van der Waals surface area contributed by atoms with Crippen LogP contribution in [0.4, 0.5) is 13.2 Å². The first-order chi connectivity index (χ1) is 12.1. The third-order valence-corrected chi connectivity index (χ3v) is 4.74. The molecule has 26 heavy (non-hydrogen) atoms. The van der Waals surface area contributed by atoms with Crippen molar-refractivity contribution in [3.8, 4) is 0 Å². The molecular formula is C17H29F3N6. The molecule has 0 spiro atoms. The molecule has 1 saturated heterocycles. The predicted octanol–water partition coefficient (Wildman–Crippen LogP) is 2.37. The van der Waals surface area contributed by atoms with E-state index in [-0.39, 0.29) is 17.6 Å². The van der Waals surface area contributed by atoms with Crippen LogP contribution < -0.4 is 10.6 Å². The molecule has 0 radical (unpaired) electrons. The number of aliphatic imine (C=N–C) groups is 1. The van der Waals surface area contributed by atoms with E-state index in [1.54, 1.807) is 7.05 Å². The van der Waals surface area contributed by atoms with Crippen molar-refractivity contribution in [1.29, 1.82) is 0 Å². The number of guanidine groups is 1. The van der Waals surface area contributed by atoms with E-state index in [0.717, 1.165) is 13.1 Å². The Morgan fingerprint density at radius 1 is 1.19 bits per heavy atom. The van der Waals surface area contributed by atoms with Crippen molar-refractivity contribution < 1.29 is 13.2 Å². The van der Waals surface area contributed by atoms with E-state index < -0.39 is 11.9 Å². The molecule has 2 heterocycles. The number of halogens is 3. The zero-order valence-corrected chi connectivity index (χ0v) is 15.9. The quantitative estimate of drug-likeness (QED) is 0.614. The number of hydrogen-bond acceptors (Lipinski definition) is 3. The maximum Gasteiger partial charge on any atom is 0.435 e. The largest absolute Gasteiger partial charge is 0.435 e. The maximum atomic E-state index is 13.0. The van der Waals surface area contributed by atoms with Gasteiger partial charge in [0.2, 0.25) is 0 Å². The van der Waals surface area contributed by atoms with Gasteiger partial charge in [-0.2, -0.15) is 18.3 Å². The fraction of sp³-hybridized carbons (Fsp3) is 0.765. The lowest BCUT2D eigenvalue weighted by Crippen LogP contribution is -2.54. The third-order valence-electron chi connectivity index (χ3n) is 4.74. The lowest BCUT2D eigenvalue weighted by Gasteiger charge is -2.41. The molecule has 0 aromatic carbocycles. The van der Waals surface area contributed by atoms with Crippen molar-refractivity contribution in [1.82, 2.24) is 25.3 Å². The van der Waals surface area contributed by atoms with E-state index in [0.29, 0.717) is 12.5 Å². The van der Waals surface area contributed by atoms with Gasteiger partial charge < -0.3 is 10.6 Å². The van der Waals surface area contributed by atoms with Gasteiger partial charge in [-0.15, -0.1) is 0 Å². The molecule has 1 aromatic rings. The first-order valence-corrected chi connectivity index (χ1v) is 8.93. The summed E-state index contributed by atoms with van der Waals surface area (Å²) < 4.78 is 40.2. The summed E-state index contributed by atoms with van der Waals surface area (Å²) in [7, 11) is 3.09. The van der Waals surface area contributed by atoms with Crippen LogP contribution in [0.2, 0.25) is 0 Å². The smallest absolute Gasteiger partial charge is 0.355 e. The minimum Gasteiger partial charge on any atom is -0.355 e. The van der Waals surface area contributed by atoms with E-state index in [1.165, 1.54) is 37.2 Å². The van der Waals surface area contributed by atoms with Gasteiger partial charge in [0, 0.05) is 44.5 Å². The molecule has 0 saturated carbocycles. The normalized spacial score (nSPS) is 17.4. The second kappa shape index (κ2) is 8.28. The number of aromatic nitrogens is 2. The number of rotatable bonds is 5. The molecule has 1 aliphatic rings.